The van der Waals surface area contributed by atoms with E-state index in [0.717, 1.165) is 87.9 Å². The fraction of sp³-hybridized carbons (Fsp3) is 0.243. The molecule has 0 N–H and O–H groups in total. The number of aromatic nitrogens is 3. The van der Waals surface area contributed by atoms with E-state index in [2.05, 4.69) is 171 Å². The monoisotopic (exact) mass is 990 g/mol. The fourth-order valence-electron chi connectivity index (χ4n) is 11.2. The molecule has 4 heterocycles. The minimum Gasteiger partial charge on any atom is -0.457 e. The highest BCUT2D eigenvalue weighted by Gasteiger charge is 2.30. The van der Waals surface area contributed by atoms with E-state index >= 15 is 0 Å². The topological polar surface area (TPSA) is 35.2 Å². The Balaban J connectivity index is 1.13. The Bertz CT molecular complexity index is 4510. The van der Waals surface area contributed by atoms with Crippen LogP contribution < -0.4 is 9.64 Å². The molecule has 0 radical (unpaired) electrons. The summed E-state index contributed by atoms with van der Waals surface area (Å²) in [4.78, 5) is 7.22. The van der Waals surface area contributed by atoms with E-state index in [-0.39, 0.29) is 16.4 Å². The van der Waals surface area contributed by atoms with Gasteiger partial charge in [0.1, 0.15) is 24.0 Å². The first-order valence-electron chi connectivity index (χ1n) is 30.5. The van der Waals surface area contributed by atoms with Crippen molar-refractivity contribution in [3.8, 4) is 28.4 Å². The summed E-state index contributed by atoms with van der Waals surface area (Å²) >= 11 is 0. The van der Waals surface area contributed by atoms with Crippen LogP contribution in [0.4, 0.5) is 11.4 Å². The third-order valence-corrected chi connectivity index (χ3v) is 15.2. The number of fused-ring (bicyclic) bond motifs is 10. The zero-order chi connectivity index (χ0) is 59.8. The number of hydrogen-bond acceptors (Lipinski definition) is 3. The average Bonchev–Trinajstić information content (AvgIpc) is 0.993. The van der Waals surface area contributed by atoms with Crippen molar-refractivity contribution in [3.63, 3.8) is 0 Å². The summed E-state index contributed by atoms with van der Waals surface area (Å²) in [5.41, 5.74) is 5.00. The molecular weight excluding hydrogens is 913 g/mol. The smallest absolute Gasteiger partial charge is 0.137 e. The molecule has 75 heavy (non-hydrogen) atoms. The van der Waals surface area contributed by atoms with E-state index in [1.807, 2.05) is 75.5 Å². The lowest BCUT2D eigenvalue weighted by atomic mass is 9.78. The SMILES string of the molecule is [2H]C([2H])([2H])C(c1cc(-c2cccc3c4ccccc4c4ccccc4c4cc(C(C)(C)C)cc5c4n(c23)CN5c2cccc(Oc3ccc4c5ccccc5n(-c5cc(C(C)(C)C)ccn5)c4c3)c2)cc(C(C)(C)C)c1)(C([2H])([2H])[2H])C([2H])([2H])[2H]. The van der Waals surface area contributed by atoms with Gasteiger partial charge in [0.05, 0.1) is 27.8 Å². The maximum absolute atomic E-state index is 8.86. The Hall–Kier alpha value is -7.89. The number of anilines is 2. The van der Waals surface area contributed by atoms with Gasteiger partial charge in [0.25, 0.3) is 0 Å². The Labute approximate surface area is 455 Å². The van der Waals surface area contributed by atoms with Crippen LogP contribution in [0.5, 0.6) is 11.5 Å². The molecule has 0 saturated heterocycles. The van der Waals surface area contributed by atoms with E-state index in [4.69, 9.17) is 22.1 Å². The van der Waals surface area contributed by atoms with Crippen LogP contribution in [0.2, 0.25) is 0 Å². The predicted octanol–water partition coefficient (Wildman–Crippen LogP) is 19.5. The number of ether oxygens (including phenoxy) is 1. The fourth-order valence-corrected chi connectivity index (χ4v) is 11.2. The molecule has 8 aromatic carbocycles. The molecule has 1 aliphatic heterocycles. The Morgan fingerprint density at radius 2 is 1.01 bits per heavy atom. The van der Waals surface area contributed by atoms with Crippen LogP contribution >= 0.6 is 0 Å². The van der Waals surface area contributed by atoms with Gasteiger partial charge >= 0.3 is 0 Å². The van der Waals surface area contributed by atoms with Crippen molar-refractivity contribution >= 4 is 76.5 Å². The van der Waals surface area contributed by atoms with Crippen LogP contribution in [0.1, 0.15) is 117 Å². The summed E-state index contributed by atoms with van der Waals surface area (Å²) in [6.45, 7) is 9.05. The van der Waals surface area contributed by atoms with Crippen LogP contribution in [-0.4, -0.2) is 14.1 Å². The van der Waals surface area contributed by atoms with E-state index in [9.17, 15) is 0 Å². The molecule has 0 aliphatic carbocycles. The lowest BCUT2D eigenvalue weighted by Crippen LogP contribution is -2.17. The van der Waals surface area contributed by atoms with Crippen molar-refractivity contribution in [2.24, 2.45) is 0 Å². The first kappa shape index (κ1) is 38.7. The molecule has 0 bridgehead atoms. The van der Waals surface area contributed by atoms with Gasteiger partial charge in [0.15, 0.2) is 0 Å². The molecule has 1 aliphatic rings. The third-order valence-electron chi connectivity index (χ3n) is 15.2. The van der Waals surface area contributed by atoms with Crippen molar-refractivity contribution in [1.29, 1.82) is 0 Å². The van der Waals surface area contributed by atoms with E-state index in [1.54, 1.807) is 0 Å². The second-order valence-corrected chi connectivity index (χ2v) is 23.5. The largest absolute Gasteiger partial charge is 0.457 e. The van der Waals surface area contributed by atoms with Crippen LogP contribution in [0, 0.1) is 0 Å². The first-order valence-corrected chi connectivity index (χ1v) is 26.0. The van der Waals surface area contributed by atoms with Gasteiger partial charge in [-0.3, -0.25) is 4.57 Å². The van der Waals surface area contributed by atoms with Crippen LogP contribution in [0.15, 0.2) is 182 Å². The quantitative estimate of drug-likeness (QED) is 0.172. The summed E-state index contributed by atoms with van der Waals surface area (Å²) in [5.74, 6) is 2.11. The van der Waals surface area contributed by atoms with Crippen LogP contribution in [0.3, 0.4) is 0 Å². The number of nitrogens with zero attached hydrogens (tertiary/aromatic N) is 4. The normalized spacial score (nSPS) is 15.5. The molecular formula is C70H68N4O. The molecule has 0 unspecified atom stereocenters. The zero-order valence-corrected chi connectivity index (χ0v) is 44.2. The van der Waals surface area contributed by atoms with Crippen molar-refractivity contribution in [3.05, 3.63) is 204 Å². The lowest BCUT2D eigenvalue weighted by Gasteiger charge is -2.27. The predicted molar refractivity (Wildman–Crippen MR) is 320 cm³/mol. The highest BCUT2D eigenvalue weighted by molar-refractivity contribution is 6.22. The van der Waals surface area contributed by atoms with Gasteiger partial charge < -0.3 is 14.2 Å². The molecule has 0 saturated carbocycles. The number of pyridine rings is 1. The molecule has 5 nitrogen and oxygen atoms in total. The molecule has 0 amide bonds. The average molecular weight is 990 g/mol. The van der Waals surface area contributed by atoms with Gasteiger partial charge in [-0.25, -0.2) is 4.98 Å². The molecule has 0 fully saturated rings. The molecule has 12 rings (SSSR count). The van der Waals surface area contributed by atoms with E-state index < -0.39 is 31.4 Å². The molecule has 5 heteroatoms. The van der Waals surface area contributed by atoms with E-state index in [0.29, 0.717) is 34.9 Å². The minimum absolute atomic E-state index is 0.0832. The standard InChI is InChI=1S/C70H68N4O/c1-67(2,3)45-33-34-71-64(40-45)74-61-30-18-17-27-57(61)58-32-31-51(42-62(58)74)75-50-22-19-21-49(41-50)72-43-73-65-52(44-35-46(68(4,5)6)37-47(36-44)69(7,8)9)28-20-29-59(65)55-25-15-13-23-53(55)54-24-14-16-26-56(54)60-38-48(70(10,11)12)39-63(72)66(60)73/h13-42H,43H2,1-12H3/i4D3,5D3,6D3. The molecule has 374 valence electrons. The van der Waals surface area contributed by atoms with Crippen LogP contribution in [0.25, 0.3) is 82.1 Å². The Morgan fingerprint density at radius 3 is 1.69 bits per heavy atom. The van der Waals surface area contributed by atoms with Crippen molar-refractivity contribution in [2.75, 3.05) is 4.90 Å². The number of benzene rings is 8. The second-order valence-electron chi connectivity index (χ2n) is 23.5. The van der Waals surface area contributed by atoms with E-state index in [1.165, 1.54) is 17.7 Å². The molecule has 3 aromatic heterocycles. The minimum atomic E-state index is -3.47. The third kappa shape index (κ3) is 8.38. The van der Waals surface area contributed by atoms with Crippen molar-refractivity contribution in [1.82, 2.24) is 14.1 Å². The van der Waals surface area contributed by atoms with Gasteiger partial charge in [-0.15, -0.1) is 0 Å². The Morgan fingerprint density at radius 1 is 0.440 bits per heavy atom. The summed E-state index contributed by atoms with van der Waals surface area (Å²) in [7, 11) is 0. The summed E-state index contributed by atoms with van der Waals surface area (Å²) in [6.07, 6.45) is 1.88. The van der Waals surface area contributed by atoms with Gasteiger partial charge in [-0.05, 0) is 126 Å². The summed E-state index contributed by atoms with van der Waals surface area (Å²) in [5, 5.41) is 8.10. The first-order chi connectivity index (χ1) is 39.5. The van der Waals surface area contributed by atoms with Gasteiger partial charge in [-0.2, -0.15) is 0 Å². The van der Waals surface area contributed by atoms with Crippen molar-refractivity contribution in [2.45, 2.75) is 111 Å². The van der Waals surface area contributed by atoms with Crippen LogP contribution in [-0.2, 0) is 28.3 Å². The number of hydrogen-bond donors (Lipinski definition) is 0. The van der Waals surface area contributed by atoms with Crippen molar-refractivity contribution < 1.29 is 17.1 Å². The highest BCUT2D eigenvalue weighted by Crippen LogP contribution is 2.48. The van der Waals surface area contributed by atoms with Gasteiger partial charge in [0.2, 0.25) is 0 Å². The second kappa shape index (κ2) is 17.3. The molecule has 11 aromatic rings. The maximum atomic E-state index is 8.86. The van der Waals surface area contributed by atoms with Gasteiger partial charge in [0, 0.05) is 63.5 Å². The summed E-state index contributed by atoms with van der Waals surface area (Å²) in [6, 6.07) is 59.5. The van der Waals surface area contributed by atoms with Gasteiger partial charge in [-0.1, -0.05) is 192 Å². The number of rotatable bonds is 5. The Kier molecular flexibility index (Phi) is 8.94. The maximum Gasteiger partial charge on any atom is 0.137 e. The zero-order valence-electron chi connectivity index (χ0n) is 53.2. The number of para-hydroxylation sites is 2. The highest BCUT2D eigenvalue weighted by atomic mass is 16.5. The summed E-state index contributed by atoms with van der Waals surface area (Å²) < 4.78 is 91.2. The molecule has 0 spiro atoms. The molecule has 0 atom stereocenters. The lowest BCUT2D eigenvalue weighted by molar-refractivity contribution is 0.483.